The zero-order valence-corrected chi connectivity index (χ0v) is 15.0. The van der Waals surface area contributed by atoms with Gasteiger partial charge in [-0.05, 0) is 48.7 Å². The Morgan fingerprint density at radius 1 is 1.23 bits per heavy atom. The lowest BCUT2D eigenvalue weighted by molar-refractivity contribution is 0.0747. The molecule has 2 aromatic carbocycles. The molecule has 0 N–H and O–H groups in total. The Labute approximate surface area is 151 Å². The first-order valence-corrected chi connectivity index (χ1v) is 8.84. The number of hydrogen-bond acceptors (Lipinski definition) is 2. The fourth-order valence-electron chi connectivity index (χ4n) is 3.80. The number of rotatable bonds is 3. The van der Waals surface area contributed by atoms with Crippen LogP contribution in [0.1, 0.15) is 28.4 Å². The van der Waals surface area contributed by atoms with E-state index in [4.69, 9.17) is 4.74 Å². The second kappa shape index (κ2) is 6.48. The minimum Gasteiger partial charge on any atom is -0.494 e. The Morgan fingerprint density at radius 3 is 2.81 bits per heavy atom. The van der Waals surface area contributed by atoms with Crippen molar-refractivity contribution in [3.05, 3.63) is 65.1 Å². The van der Waals surface area contributed by atoms with Crippen molar-refractivity contribution in [1.82, 2.24) is 9.47 Å². The number of amides is 1. The maximum atomic E-state index is 14.0. The SMILES string of the molecule is CCn1cc2c3c(cccc31)CN(C(=O)c1ccc(OC)c(F)c1)CC2. The van der Waals surface area contributed by atoms with Gasteiger partial charge < -0.3 is 14.2 Å². The van der Waals surface area contributed by atoms with Gasteiger partial charge in [0, 0.05) is 42.3 Å². The highest BCUT2D eigenvalue weighted by molar-refractivity contribution is 5.95. The molecule has 5 heteroatoms. The molecule has 0 radical (unpaired) electrons. The Bertz CT molecular complexity index is 993. The summed E-state index contributed by atoms with van der Waals surface area (Å²) in [6.07, 6.45) is 2.99. The van der Waals surface area contributed by atoms with Crippen LogP contribution in [0.25, 0.3) is 10.9 Å². The number of halogens is 1. The highest BCUT2D eigenvalue weighted by Crippen LogP contribution is 2.30. The largest absolute Gasteiger partial charge is 0.494 e. The van der Waals surface area contributed by atoms with Crippen molar-refractivity contribution < 1.29 is 13.9 Å². The quantitative estimate of drug-likeness (QED) is 0.714. The van der Waals surface area contributed by atoms with Gasteiger partial charge in [-0.3, -0.25) is 4.79 Å². The third-order valence-corrected chi connectivity index (χ3v) is 5.11. The van der Waals surface area contributed by atoms with E-state index < -0.39 is 5.82 Å². The topological polar surface area (TPSA) is 34.5 Å². The summed E-state index contributed by atoms with van der Waals surface area (Å²) >= 11 is 0. The Balaban J connectivity index is 1.68. The van der Waals surface area contributed by atoms with Crippen LogP contribution in [0, 0.1) is 5.82 Å². The van der Waals surface area contributed by atoms with Gasteiger partial charge in [0.2, 0.25) is 0 Å². The van der Waals surface area contributed by atoms with Gasteiger partial charge in [0.1, 0.15) is 0 Å². The third-order valence-electron chi connectivity index (χ3n) is 5.11. The van der Waals surface area contributed by atoms with Crippen molar-refractivity contribution in [2.24, 2.45) is 0 Å². The molecule has 1 aliphatic rings. The number of nitrogens with zero attached hydrogens (tertiary/aromatic N) is 2. The van der Waals surface area contributed by atoms with Gasteiger partial charge in [0.25, 0.3) is 5.91 Å². The minimum atomic E-state index is -0.517. The normalized spacial score (nSPS) is 13.7. The highest BCUT2D eigenvalue weighted by Gasteiger charge is 2.23. The van der Waals surface area contributed by atoms with Crippen molar-refractivity contribution >= 4 is 16.8 Å². The lowest BCUT2D eigenvalue weighted by atomic mass is 10.1. The van der Waals surface area contributed by atoms with Crippen LogP contribution < -0.4 is 4.74 Å². The second-order valence-electron chi connectivity index (χ2n) is 6.58. The van der Waals surface area contributed by atoms with Gasteiger partial charge >= 0.3 is 0 Å². The van der Waals surface area contributed by atoms with E-state index in [1.807, 2.05) is 6.07 Å². The molecule has 1 amide bonds. The van der Waals surface area contributed by atoms with E-state index in [1.54, 1.807) is 11.0 Å². The Morgan fingerprint density at radius 2 is 2.08 bits per heavy atom. The molecule has 26 heavy (non-hydrogen) atoms. The van der Waals surface area contributed by atoms with Crippen LogP contribution in [0.3, 0.4) is 0 Å². The first-order valence-electron chi connectivity index (χ1n) is 8.84. The zero-order valence-electron chi connectivity index (χ0n) is 15.0. The predicted molar refractivity (Wildman–Crippen MR) is 99.0 cm³/mol. The fraction of sp³-hybridized carbons (Fsp3) is 0.286. The maximum Gasteiger partial charge on any atom is 0.254 e. The zero-order chi connectivity index (χ0) is 18.3. The number of carbonyl (C=O) groups excluding carboxylic acids is 1. The van der Waals surface area contributed by atoms with Crippen LogP contribution in [-0.2, 0) is 19.5 Å². The molecule has 4 rings (SSSR count). The van der Waals surface area contributed by atoms with E-state index in [1.165, 1.54) is 35.7 Å². The number of aromatic nitrogens is 1. The molecule has 1 aromatic heterocycles. The van der Waals surface area contributed by atoms with Crippen LogP contribution >= 0.6 is 0 Å². The summed E-state index contributed by atoms with van der Waals surface area (Å²) in [6.45, 7) is 4.21. The summed E-state index contributed by atoms with van der Waals surface area (Å²) in [4.78, 5) is 14.7. The Hall–Kier alpha value is -2.82. The van der Waals surface area contributed by atoms with Crippen LogP contribution in [-0.4, -0.2) is 29.0 Å². The van der Waals surface area contributed by atoms with Crippen LogP contribution in [0.2, 0.25) is 0 Å². The van der Waals surface area contributed by atoms with Crippen molar-refractivity contribution in [2.45, 2.75) is 26.4 Å². The van der Waals surface area contributed by atoms with Gasteiger partial charge in [-0.2, -0.15) is 0 Å². The van der Waals surface area contributed by atoms with Gasteiger partial charge in [-0.25, -0.2) is 4.39 Å². The lowest BCUT2D eigenvalue weighted by Crippen LogP contribution is -2.31. The highest BCUT2D eigenvalue weighted by atomic mass is 19.1. The van der Waals surface area contributed by atoms with Gasteiger partial charge in [0.05, 0.1) is 7.11 Å². The molecule has 0 aliphatic carbocycles. The molecule has 0 atom stereocenters. The molecule has 134 valence electrons. The smallest absolute Gasteiger partial charge is 0.254 e. The summed E-state index contributed by atoms with van der Waals surface area (Å²) in [5, 5.41) is 1.26. The number of aryl methyl sites for hydroxylation is 1. The predicted octanol–water partition coefficient (Wildman–Crippen LogP) is 4.01. The van der Waals surface area contributed by atoms with Crippen LogP contribution in [0.4, 0.5) is 4.39 Å². The molecule has 0 unspecified atom stereocenters. The molecule has 0 saturated heterocycles. The molecule has 0 fully saturated rings. The van der Waals surface area contributed by atoms with Gasteiger partial charge in [-0.1, -0.05) is 12.1 Å². The van der Waals surface area contributed by atoms with E-state index in [0.717, 1.165) is 18.5 Å². The fourth-order valence-corrected chi connectivity index (χ4v) is 3.80. The first-order chi connectivity index (χ1) is 12.6. The van der Waals surface area contributed by atoms with Crippen molar-refractivity contribution in [3.8, 4) is 5.75 Å². The van der Waals surface area contributed by atoms with Crippen molar-refractivity contribution in [3.63, 3.8) is 0 Å². The average molecular weight is 352 g/mol. The molecule has 0 bridgehead atoms. The molecular weight excluding hydrogens is 331 g/mol. The van der Waals surface area contributed by atoms with E-state index in [0.29, 0.717) is 18.7 Å². The number of carbonyl (C=O) groups is 1. The summed E-state index contributed by atoms with van der Waals surface area (Å²) in [6, 6.07) is 10.6. The van der Waals surface area contributed by atoms with Gasteiger partial charge in [0.15, 0.2) is 11.6 Å². The van der Waals surface area contributed by atoms with Crippen molar-refractivity contribution in [1.29, 1.82) is 0 Å². The van der Waals surface area contributed by atoms with E-state index in [-0.39, 0.29) is 11.7 Å². The third kappa shape index (κ3) is 2.64. The van der Waals surface area contributed by atoms with Crippen molar-refractivity contribution in [2.75, 3.05) is 13.7 Å². The molecule has 4 nitrogen and oxygen atoms in total. The first kappa shape index (κ1) is 16.6. The second-order valence-corrected chi connectivity index (χ2v) is 6.58. The maximum absolute atomic E-state index is 14.0. The Kier molecular flexibility index (Phi) is 4.15. The standard InChI is InChI=1S/C21H21FN2O2/c1-3-23-12-16-9-10-24(13-15-5-4-6-18(23)20(15)16)21(25)14-7-8-19(26-2)17(22)11-14/h4-8,11-12H,3,9-10,13H2,1-2H3. The molecule has 0 saturated carbocycles. The number of hydrogen-bond donors (Lipinski definition) is 0. The molecule has 3 aromatic rings. The van der Waals surface area contributed by atoms with E-state index in [2.05, 4.69) is 29.8 Å². The summed E-state index contributed by atoms with van der Waals surface area (Å²) < 4.78 is 21.2. The monoisotopic (exact) mass is 352 g/mol. The number of ether oxygens (including phenoxy) is 1. The molecule has 2 heterocycles. The van der Waals surface area contributed by atoms with Crippen LogP contribution in [0.5, 0.6) is 5.75 Å². The molecule has 1 aliphatic heterocycles. The summed E-state index contributed by atoms with van der Waals surface area (Å²) in [7, 11) is 1.41. The molecular formula is C21H21FN2O2. The summed E-state index contributed by atoms with van der Waals surface area (Å²) in [5.41, 5.74) is 3.98. The average Bonchev–Trinajstić information content (AvgIpc) is 2.92. The van der Waals surface area contributed by atoms with E-state index >= 15 is 0 Å². The van der Waals surface area contributed by atoms with Gasteiger partial charge in [-0.15, -0.1) is 0 Å². The lowest BCUT2D eigenvalue weighted by Gasteiger charge is -2.21. The summed E-state index contributed by atoms with van der Waals surface area (Å²) in [5.74, 6) is -0.528. The molecule has 0 spiro atoms. The number of benzene rings is 2. The van der Waals surface area contributed by atoms with E-state index in [9.17, 15) is 9.18 Å². The number of methoxy groups -OCH3 is 1. The van der Waals surface area contributed by atoms with Crippen LogP contribution in [0.15, 0.2) is 42.6 Å². The minimum absolute atomic E-state index is 0.145.